The van der Waals surface area contributed by atoms with Gasteiger partial charge in [-0.25, -0.2) is 9.97 Å². The fourth-order valence-corrected chi connectivity index (χ4v) is 4.48. The Labute approximate surface area is 179 Å². The molecular weight excluding hydrogens is 397 g/mol. The number of hydrogen-bond acceptors (Lipinski definition) is 8. The lowest BCUT2D eigenvalue weighted by molar-refractivity contribution is 0.138. The molecule has 0 amide bonds. The number of thiazole rings is 1. The summed E-state index contributed by atoms with van der Waals surface area (Å²) in [5.41, 5.74) is 3.24. The van der Waals surface area contributed by atoms with E-state index in [1.165, 1.54) is 17.8 Å². The van der Waals surface area contributed by atoms with Crippen molar-refractivity contribution < 1.29 is 10.0 Å². The van der Waals surface area contributed by atoms with E-state index in [4.69, 9.17) is 10.2 Å². The van der Waals surface area contributed by atoms with Gasteiger partial charge in [0.2, 0.25) is 0 Å². The van der Waals surface area contributed by atoms with Gasteiger partial charge in [-0.15, -0.1) is 11.3 Å². The Balaban J connectivity index is 1.47. The molecule has 1 atom stereocenters. The Kier molecular flexibility index (Phi) is 6.40. The van der Waals surface area contributed by atoms with Crippen LogP contribution in [0.2, 0.25) is 0 Å². The molecule has 1 saturated heterocycles. The molecule has 1 fully saturated rings. The standard InChI is InChI=1S/C21H22BN5O2S/c23-12-16-8-9-24-20(11-16)26-21-25-18(14-30-21)19-3-1-2-10-27(19)13-15-4-6-17(7-5-15)22(28)29/h4-9,11,14,19,28-29H,1-3,10,13H2,(H,24,25,26). The molecule has 0 aliphatic carbocycles. The van der Waals surface area contributed by atoms with Crippen molar-refractivity contribution in [1.82, 2.24) is 14.9 Å². The first-order valence-corrected chi connectivity index (χ1v) is 10.8. The van der Waals surface area contributed by atoms with Crippen LogP contribution in [0, 0.1) is 11.3 Å². The molecule has 1 aliphatic rings. The van der Waals surface area contributed by atoms with Crippen LogP contribution in [0.4, 0.5) is 10.9 Å². The maximum absolute atomic E-state index is 9.28. The number of nitrogens with one attached hydrogen (secondary N) is 1. The zero-order chi connectivity index (χ0) is 20.9. The zero-order valence-electron chi connectivity index (χ0n) is 16.4. The summed E-state index contributed by atoms with van der Waals surface area (Å²) in [5.74, 6) is 0.613. The summed E-state index contributed by atoms with van der Waals surface area (Å²) in [4.78, 5) is 11.5. The van der Waals surface area contributed by atoms with Crippen LogP contribution in [-0.4, -0.2) is 38.6 Å². The topological polar surface area (TPSA) is 105 Å². The number of nitrogens with zero attached hydrogens (tertiary/aromatic N) is 4. The highest BCUT2D eigenvalue weighted by atomic mass is 32.1. The Hall–Kier alpha value is -2.77. The molecule has 3 N–H and O–H groups in total. The summed E-state index contributed by atoms with van der Waals surface area (Å²) in [5, 5.41) is 33.6. The molecule has 3 heterocycles. The molecule has 30 heavy (non-hydrogen) atoms. The molecule has 0 saturated carbocycles. The third kappa shape index (κ3) is 4.86. The van der Waals surface area contributed by atoms with Crippen molar-refractivity contribution in [3.05, 3.63) is 64.8 Å². The molecule has 2 aromatic heterocycles. The maximum atomic E-state index is 9.28. The minimum atomic E-state index is -1.44. The van der Waals surface area contributed by atoms with Gasteiger partial charge in [-0.2, -0.15) is 5.26 Å². The van der Waals surface area contributed by atoms with Gasteiger partial charge in [0, 0.05) is 18.1 Å². The molecule has 4 rings (SSSR count). The summed E-state index contributed by atoms with van der Waals surface area (Å²) in [6, 6.07) is 13.1. The number of anilines is 2. The SMILES string of the molecule is N#Cc1ccnc(Nc2nc(C3CCCCN3Cc3ccc(B(O)O)cc3)cs2)c1. The Morgan fingerprint density at radius 2 is 2.07 bits per heavy atom. The minimum absolute atomic E-state index is 0.243. The zero-order valence-corrected chi connectivity index (χ0v) is 17.2. The lowest BCUT2D eigenvalue weighted by Gasteiger charge is -2.34. The average Bonchev–Trinajstić information content (AvgIpc) is 3.23. The highest BCUT2D eigenvalue weighted by molar-refractivity contribution is 7.13. The van der Waals surface area contributed by atoms with Crippen LogP contribution < -0.4 is 10.8 Å². The number of nitriles is 1. The van der Waals surface area contributed by atoms with E-state index in [9.17, 15) is 10.0 Å². The van der Waals surface area contributed by atoms with Gasteiger partial charge in [-0.05, 0) is 42.5 Å². The van der Waals surface area contributed by atoms with E-state index in [-0.39, 0.29) is 6.04 Å². The molecule has 3 aromatic rings. The van der Waals surface area contributed by atoms with Crippen molar-refractivity contribution in [3.8, 4) is 6.07 Å². The van der Waals surface area contributed by atoms with Crippen LogP contribution >= 0.6 is 11.3 Å². The first-order chi connectivity index (χ1) is 14.6. The van der Waals surface area contributed by atoms with Gasteiger partial charge in [-0.3, -0.25) is 4.90 Å². The second-order valence-corrected chi connectivity index (χ2v) is 8.20. The van der Waals surface area contributed by atoms with Crippen molar-refractivity contribution >= 4 is 34.9 Å². The van der Waals surface area contributed by atoms with Crippen molar-refractivity contribution in [2.24, 2.45) is 0 Å². The van der Waals surface area contributed by atoms with Crippen LogP contribution in [0.1, 0.15) is 42.1 Å². The third-order valence-electron chi connectivity index (χ3n) is 5.26. The van der Waals surface area contributed by atoms with Gasteiger partial charge >= 0.3 is 7.12 Å². The molecule has 1 aliphatic heterocycles. The van der Waals surface area contributed by atoms with E-state index in [0.29, 0.717) is 16.8 Å². The summed E-state index contributed by atoms with van der Waals surface area (Å²) >= 11 is 1.54. The van der Waals surface area contributed by atoms with Gasteiger partial charge in [0.25, 0.3) is 0 Å². The van der Waals surface area contributed by atoms with Gasteiger partial charge in [0.05, 0.1) is 23.4 Å². The van der Waals surface area contributed by atoms with Crippen LogP contribution in [0.15, 0.2) is 48.0 Å². The molecule has 1 aromatic carbocycles. The van der Waals surface area contributed by atoms with Crippen molar-refractivity contribution in [3.63, 3.8) is 0 Å². The van der Waals surface area contributed by atoms with E-state index in [1.807, 2.05) is 12.1 Å². The van der Waals surface area contributed by atoms with E-state index in [2.05, 4.69) is 26.6 Å². The number of rotatable bonds is 6. The summed E-state index contributed by atoms with van der Waals surface area (Å²) in [6.45, 7) is 1.79. The average molecular weight is 419 g/mol. The lowest BCUT2D eigenvalue weighted by Crippen LogP contribution is -2.33. The number of likely N-dealkylation sites (tertiary alicyclic amines) is 1. The molecule has 1 unspecified atom stereocenters. The molecule has 0 bridgehead atoms. The Morgan fingerprint density at radius 3 is 2.83 bits per heavy atom. The molecule has 152 valence electrons. The highest BCUT2D eigenvalue weighted by Crippen LogP contribution is 2.34. The maximum Gasteiger partial charge on any atom is 0.488 e. The van der Waals surface area contributed by atoms with E-state index >= 15 is 0 Å². The quantitative estimate of drug-likeness (QED) is 0.528. The first-order valence-electron chi connectivity index (χ1n) is 9.90. The van der Waals surface area contributed by atoms with Gasteiger partial charge < -0.3 is 15.4 Å². The highest BCUT2D eigenvalue weighted by Gasteiger charge is 2.26. The second kappa shape index (κ2) is 9.37. The van der Waals surface area contributed by atoms with Crippen molar-refractivity contribution in [2.45, 2.75) is 31.8 Å². The predicted molar refractivity (Wildman–Crippen MR) is 118 cm³/mol. The minimum Gasteiger partial charge on any atom is -0.423 e. The fraction of sp³-hybridized carbons (Fsp3) is 0.286. The molecule has 0 spiro atoms. The largest absolute Gasteiger partial charge is 0.488 e. The second-order valence-electron chi connectivity index (χ2n) is 7.34. The smallest absolute Gasteiger partial charge is 0.423 e. The molecular formula is C21H22BN5O2S. The predicted octanol–water partition coefficient (Wildman–Crippen LogP) is 2.56. The summed E-state index contributed by atoms with van der Waals surface area (Å²) in [7, 11) is -1.44. The van der Waals surface area contributed by atoms with Gasteiger partial charge in [-0.1, -0.05) is 30.7 Å². The van der Waals surface area contributed by atoms with Crippen LogP contribution in [-0.2, 0) is 6.54 Å². The number of pyridine rings is 1. The number of hydrogen-bond donors (Lipinski definition) is 3. The summed E-state index contributed by atoms with van der Waals surface area (Å²) < 4.78 is 0. The molecule has 9 heteroatoms. The summed E-state index contributed by atoms with van der Waals surface area (Å²) in [6.07, 6.45) is 4.99. The van der Waals surface area contributed by atoms with E-state index in [1.54, 1.807) is 30.5 Å². The number of benzene rings is 1. The van der Waals surface area contributed by atoms with Crippen molar-refractivity contribution in [2.75, 3.05) is 11.9 Å². The van der Waals surface area contributed by atoms with Gasteiger partial charge in [0.1, 0.15) is 5.82 Å². The fourth-order valence-electron chi connectivity index (χ4n) is 3.72. The Morgan fingerprint density at radius 1 is 1.23 bits per heavy atom. The van der Waals surface area contributed by atoms with Crippen LogP contribution in [0.25, 0.3) is 0 Å². The van der Waals surface area contributed by atoms with E-state index < -0.39 is 7.12 Å². The molecule has 7 nitrogen and oxygen atoms in total. The van der Waals surface area contributed by atoms with E-state index in [0.717, 1.165) is 42.3 Å². The lowest BCUT2D eigenvalue weighted by atomic mass is 9.80. The third-order valence-corrected chi connectivity index (χ3v) is 6.04. The monoisotopic (exact) mass is 419 g/mol. The van der Waals surface area contributed by atoms with Crippen LogP contribution in [0.5, 0.6) is 0 Å². The first kappa shape index (κ1) is 20.5. The van der Waals surface area contributed by atoms with Crippen molar-refractivity contribution in [1.29, 1.82) is 5.26 Å². The Bertz CT molecular complexity index is 1030. The number of piperidine rings is 1. The normalized spacial score (nSPS) is 16.8. The molecule has 0 radical (unpaired) electrons. The van der Waals surface area contributed by atoms with Crippen LogP contribution in [0.3, 0.4) is 0 Å². The van der Waals surface area contributed by atoms with Gasteiger partial charge in [0.15, 0.2) is 5.13 Å². The number of aromatic nitrogens is 2.